The predicted molar refractivity (Wildman–Crippen MR) is 195 cm³/mol. The maximum Gasteiger partial charge on any atom is 0.350 e. The summed E-state index contributed by atoms with van der Waals surface area (Å²) < 4.78 is 44.3. The number of aromatic nitrogens is 3. The normalized spacial score (nSPS) is 22.0. The van der Waals surface area contributed by atoms with Crippen molar-refractivity contribution < 1.29 is 23.4 Å². The van der Waals surface area contributed by atoms with Gasteiger partial charge in [-0.3, -0.25) is 10.0 Å². The zero-order chi connectivity index (χ0) is 36.4. The first-order valence-corrected chi connectivity index (χ1v) is 17.9. The Morgan fingerprint density at radius 1 is 0.981 bits per heavy atom. The van der Waals surface area contributed by atoms with Crippen LogP contribution in [0.25, 0.3) is 5.69 Å². The Labute approximate surface area is 302 Å². The van der Waals surface area contributed by atoms with Gasteiger partial charge < -0.3 is 24.4 Å². The minimum absolute atomic E-state index is 0.0123. The lowest BCUT2D eigenvalue weighted by Gasteiger charge is -2.37. The summed E-state index contributed by atoms with van der Waals surface area (Å²) >= 11 is 0. The van der Waals surface area contributed by atoms with Crippen molar-refractivity contribution in [3.05, 3.63) is 101 Å². The highest BCUT2D eigenvalue weighted by Gasteiger charge is 2.46. The molecule has 7 rings (SSSR count). The fraction of sp³-hybridized carbons (Fsp3) is 0.447. The lowest BCUT2D eigenvalue weighted by Crippen LogP contribution is -2.46. The fourth-order valence-electron chi connectivity index (χ4n) is 7.51. The molecule has 3 aliphatic heterocycles. The standard InChI is InChI=1S/C38H46F2N8O4/c1-4-36(27(2)49)48-37(50)47(26-42-48)32-8-6-30(7-9-32)44-15-17-45(18-16-44)31-10-12-33(13-11-31)51-21-28-20-38(52-22-28,23-46-25-41-24-43(46)3)34-14-5-29(39)19-35(34)40/h5-14,19,25-28,36,49H,4,15-18,20-24H2,1-3H3/t27-,28-,36?,38+/m1/s1. The van der Waals surface area contributed by atoms with Gasteiger partial charge in [0.15, 0.2) is 0 Å². The second-order valence-corrected chi connectivity index (χ2v) is 13.9. The topological polar surface area (TPSA) is 104 Å². The molecule has 0 aliphatic carbocycles. The predicted octanol–water partition coefficient (Wildman–Crippen LogP) is 4.43. The Kier molecular flexibility index (Phi) is 10.3. The summed E-state index contributed by atoms with van der Waals surface area (Å²) in [5, 5.41) is 18.2. The molecule has 276 valence electrons. The van der Waals surface area contributed by atoms with Crippen LogP contribution in [0.1, 0.15) is 38.3 Å². The SMILES string of the molecule is CCC([C@@H](C)O)n1ncn(-c2ccc(N3CCN(c4ccc(OC[C@@H]5CO[C@@](CN6C=NCN6C)(c6ccc(F)cc6F)C5)cc4)CC3)cc2)c1=O. The van der Waals surface area contributed by atoms with Gasteiger partial charge in [-0.25, -0.2) is 27.8 Å². The number of aliphatic hydroxyl groups is 1. The van der Waals surface area contributed by atoms with Gasteiger partial charge in [0, 0.05) is 62.1 Å². The molecule has 4 heterocycles. The monoisotopic (exact) mass is 716 g/mol. The molecule has 2 saturated heterocycles. The van der Waals surface area contributed by atoms with Crippen LogP contribution >= 0.6 is 0 Å². The number of anilines is 2. The van der Waals surface area contributed by atoms with Gasteiger partial charge in [0.25, 0.3) is 0 Å². The third kappa shape index (κ3) is 7.28. The number of halogens is 2. The summed E-state index contributed by atoms with van der Waals surface area (Å²) in [6.07, 6.45) is 3.68. The quantitative estimate of drug-likeness (QED) is 0.228. The van der Waals surface area contributed by atoms with E-state index < -0.39 is 23.3 Å². The maximum absolute atomic E-state index is 15.1. The van der Waals surface area contributed by atoms with Crippen LogP contribution < -0.4 is 20.2 Å². The molecular weight excluding hydrogens is 670 g/mol. The van der Waals surface area contributed by atoms with Crippen molar-refractivity contribution in [2.24, 2.45) is 10.9 Å². The number of hydrazine groups is 1. The summed E-state index contributed by atoms with van der Waals surface area (Å²) in [4.78, 5) is 22.0. The van der Waals surface area contributed by atoms with E-state index >= 15 is 4.39 Å². The van der Waals surface area contributed by atoms with Crippen molar-refractivity contribution in [1.29, 1.82) is 0 Å². The van der Waals surface area contributed by atoms with Crippen LogP contribution in [0, 0.1) is 17.6 Å². The molecular formula is C38H46F2N8O4. The van der Waals surface area contributed by atoms with E-state index in [9.17, 15) is 14.3 Å². The van der Waals surface area contributed by atoms with E-state index in [1.54, 1.807) is 13.3 Å². The lowest BCUT2D eigenvalue weighted by molar-refractivity contribution is -0.0512. The molecule has 3 aliphatic rings. The van der Waals surface area contributed by atoms with Gasteiger partial charge in [-0.2, -0.15) is 5.10 Å². The third-order valence-corrected chi connectivity index (χ3v) is 10.4. The number of hydrogen-bond donors (Lipinski definition) is 1. The summed E-state index contributed by atoms with van der Waals surface area (Å²) in [6, 6.07) is 19.3. The van der Waals surface area contributed by atoms with Crippen LogP contribution in [0.2, 0.25) is 0 Å². The van der Waals surface area contributed by atoms with Gasteiger partial charge in [-0.1, -0.05) is 13.0 Å². The van der Waals surface area contributed by atoms with Gasteiger partial charge in [0.2, 0.25) is 0 Å². The molecule has 1 N–H and O–H groups in total. The average Bonchev–Trinajstić information content (AvgIpc) is 3.86. The third-order valence-electron chi connectivity index (χ3n) is 10.4. The van der Waals surface area contributed by atoms with E-state index in [0.29, 0.717) is 44.8 Å². The molecule has 52 heavy (non-hydrogen) atoms. The molecule has 1 unspecified atom stereocenters. The number of nitrogens with zero attached hydrogens (tertiary/aromatic N) is 8. The van der Waals surface area contributed by atoms with Gasteiger partial charge in [-0.15, -0.1) is 0 Å². The number of hydrogen-bond acceptors (Lipinski definition) is 10. The van der Waals surface area contributed by atoms with Crippen molar-refractivity contribution in [3.63, 3.8) is 0 Å². The second-order valence-electron chi connectivity index (χ2n) is 13.9. The molecule has 3 aromatic carbocycles. The molecule has 4 atom stereocenters. The summed E-state index contributed by atoms with van der Waals surface area (Å²) in [6.45, 7) is 8.66. The highest BCUT2D eigenvalue weighted by Crippen LogP contribution is 2.42. The lowest BCUT2D eigenvalue weighted by atomic mass is 9.86. The Morgan fingerprint density at radius 3 is 2.23 bits per heavy atom. The van der Waals surface area contributed by atoms with Crippen molar-refractivity contribution >= 4 is 17.7 Å². The zero-order valence-electron chi connectivity index (χ0n) is 29.8. The first-order valence-electron chi connectivity index (χ1n) is 17.9. The van der Waals surface area contributed by atoms with E-state index in [-0.39, 0.29) is 17.6 Å². The Morgan fingerprint density at radius 2 is 1.63 bits per heavy atom. The number of piperazine rings is 1. The van der Waals surface area contributed by atoms with E-state index in [1.165, 1.54) is 27.7 Å². The maximum atomic E-state index is 15.1. The fourth-order valence-corrected chi connectivity index (χ4v) is 7.51. The second kappa shape index (κ2) is 15.1. The Bertz CT molecular complexity index is 1910. The van der Waals surface area contributed by atoms with Gasteiger partial charge in [0.1, 0.15) is 42.3 Å². The number of ether oxygens (including phenoxy) is 2. The summed E-state index contributed by atoms with van der Waals surface area (Å²) in [5.41, 5.74) is 2.04. The van der Waals surface area contributed by atoms with Crippen LogP contribution in [0.3, 0.4) is 0 Å². The van der Waals surface area contributed by atoms with E-state index in [0.717, 1.165) is 55.1 Å². The van der Waals surface area contributed by atoms with Crippen LogP contribution in [0.5, 0.6) is 5.75 Å². The Hall–Kier alpha value is -4.79. The number of benzene rings is 3. The molecule has 4 aromatic rings. The van der Waals surface area contributed by atoms with Crippen molar-refractivity contribution in [3.8, 4) is 11.4 Å². The molecule has 0 amide bonds. The molecule has 0 spiro atoms. The molecule has 12 nitrogen and oxygen atoms in total. The van der Waals surface area contributed by atoms with Gasteiger partial charge in [0.05, 0.1) is 37.6 Å². The summed E-state index contributed by atoms with van der Waals surface area (Å²) in [5.74, 6) is -0.476. The molecule has 0 saturated carbocycles. The first-order chi connectivity index (χ1) is 25.1. The van der Waals surface area contributed by atoms with E-state index in [4.69, 9.17) is 9.47 Å². The van der Waals surface area contributed by atoms with Crippen LogP contribution in [-0.4, -0.2) is 102 Å². The van der Waals surface area contributed by atoms with Crippen molar-refractivity contribution in [2.45, 2.75) is 44.4 Å². The number of rotatable bonds is 12. The van der Waals surface area contributed by atoms with Gasteiger partial charge in [-0.05, 0) is 74.4 Å². The minimum Gasteiger partial charge on any atom is -0.493 e. The highest BCUT2D eigenvalue weighted by atomic mass is 19.1. The first kappa shape index (κ1) is 35.6. The molecule has 0 bridgehead atoms. The number of aliphatic hydroxyl groups excluding tert-OH is 1. The van der Waals surface area contributed by atoms with Crippen LogP contribution in [0.15, 0.2) is 82.8 Å². The zero-order valence-corrected chi connectivity index (χ0v) is 29.8. The van der Waals surface area contributed by atoms with E-state index in [1.807, 2.05) is 60.4 Å². The van der Waals surface area contributed by atoms with Gasteiger partial charge >= 0.3 is 5.69 Å². The highest BCUT2D eigenvalue weighted by molar-refractivity contribution is 5.56. The molecule has 2 fully saturated rings. The largest absolute Gasteiger partial charge is 0.493 e. The molecule has 1 aromatic heterocycles. The van der Waals surface area contributed by atoms with Crippen molar-refractivity contribution in [1.82, 2.24) is 24.4 Å². The smallest absolute Gasteiger partial charge is 0.350 e. The van der Waals surface area contributed by atoms with Crippen LogP contribution in [-0.2, 0) is 10.3 Å². The van der Waals surface area contributed by atoms with Crippen molar-refractivity contribution in [2.75, 3.05) is 69.5 Å². The van der Waals surface area contributed by atoms with E-state index in [2.05, 4.69) is 32.0 Å². The van der Waals surface area contributed by atoms with Crippen LogP contribution in [0.4, 0.5) is 20.2 Å². The molecule has 14 heteroatoms. The minimum atomic E-state index is -0.966. The summed E-state index contributed by atoms with van der Waals surface area (Å²) in [7, 11) is 1.91. The average molecular weight is 717 g/mol. The molecule has 0 radical (unpaired) electrons. The Balaban J connectivity index is 0.923. The number of aliphatic imine (C=N–C) groups is 1.